The van der Waals surface area contributed by atoms with Gasteiger partial charge in [0.15, 0.2) is 0 Å². The summed E-state index contributed by atoms with van der Waals surface area (Å²) in [4.78, 5) is 58.2. The van der Waals surface area contributed by atoms with Crippen LogP contribution in [0.25, 0.3) is 10.9 Å². The lowest BCUT2D eigenvalue weighted by Crippen LogP contribution is -2.57. The summed E-state index contributed by atoms with van der Waals surface area (Å²) in [5, 5.41) is 23.2. The van der Waals surface area contributed by atoms with Crippen molar-refractivity contribution in [2.24, 2.45) is 5.73 Å². The van der Waals surface area contributed by atoms with Gasteiger partial charge in [0.05, 0.1) is 30.0 Å². The number of likely N-dealkylation sites (tertiary alicyclic amines) is 1. The summed E-state index contributed by atoms with van der Waals surface area (Å²) in [7, 11) is 0. The topological polar surface area (TPSA) is 179 Å². The molecule has 2 fully saturated rings. The Balaban J connectivity index is 1.28. The fourth-order valence-corrected chi connectivity index (χ4v) is 5.90. The van der Waals surface area contributed by atoms with E-state index in [4.69, 9.17) is 5.73 Å². The summed E-state index contributed by atoms with van der Waals surface area (Å²) in [5.41, 5.74) is 7.74. The fourth-order valence-electron chi connectivity index (χ4n) is 5.90. The molecule has 12 nitrogen and oxygen atoms in total. The number of carbonyl (C=O) groups is 4. The van der Waals surface area contributed by atoms with Crippen molar-refractivity contribution >= 4 is 40.2 Å². The third-order valence-electron chi connectivity index (χ3n) is 8.20. The standard InChI is InChI=1S/C32H39N7O5/c33-17-29(41)36-22-12-13-34-26(15-22)32(44)39-19-24(38-31(43)28(40)11-10-20-6-2-1-3-7-20)16-27(39)30(42)37-23-14-21-8-4-5-9-25(21)35-18-23/h1-9,14,18,22,24,26-28,34,40H,10-13,15-17,19,33H2,(H,36,41)(H,37,42)(H,38,43)/t22-,24-,26+,27+,28-/m1/s1. The Labute approximate surface area is 255 Å². The summed E-state index contributed by atoms with van der Waals surface area (Å²) < 4.78 is 0. The number of nitrogens with two attached hydrogens (primary N) is 1. The van der Waals surface area contributed by atoms with E-state index in [1.54, 1.807) is 6.20 Å². The van der Waals surface area contributed by atoms with Crippen LogP contribution in [0.4, 0.5) is 5.69 Å². The molecule has 5 rings (SSSR count). The zero-order valence-electron chi connectivity index (χ0n) is 24.4. The molecule has 2 aromatic carbocycles. The molecular formula is C32H39N7O5. The van der Waals surface area contributed by atoms with Gasteiger partial charge in [0, 0.05) is 24.0 Å². The predicted molar refractivity (Wildman–Crippen MR) is 165 cm³/mol. The number of hydrogen-bond donors (Lipinski definition) is 6. The molecule has 2 saturated heterocycles. The lowest BCUT2D eigenvalue weighted by Gasteiger charge is -2.34. The molecule has 12 heteroatoms. The van der Waals surface area contributed by atoms with Crippen LogP contribution in [0.2, 0.25) is 0 Å². The number of nitrogens with one attached hydrogen (secondary N) is 4. The van der Waals surface area contributed by atoms with Crippen molar-refractivity contribution in [2.75, 3.05) is 25.0 Å². The quantitative estimate of drug-likeness (QED) is 0.194. The predicted octanol–water partition coefficient (Wildman–Crippen LogP) is 0.448. The van der Waals surface area contributed by atoms with Gasteiger partial charge in [-0.25, -0.2) is 0 Å². The lowest BCUT2D eigenvalue weighted by molar-refractivity contribution is -0.139. The van der Waals surface area contributed by atoms with Crippen molar-refractivity contribution in [2.45, 2.75) is 62.4 Å². The highest BCUT2D eigenvalue weighted by atomic mass is 16.3. The first-order valence-electron chi connectivity index (χ1n) is 15.0. The molecule has 2 aliphatic heterocycles. The van der Waals surface area contributed by atoms with E-state index >= 15 is 0 Å². The molecule has 0 aliphatic carbocycles. The molecule has 0 radical (unpaired) electrons. The molecule has 2 aliphatic rings. The van der Waals surface area contributed by atoms with Crippen molar-refractivity contribution in [3.8, 4) is 0 Å². The number of aromatic nitrogens is 1. The third kappa shape index (κ3) is 7.76. The normalized spacial score (nSPS) is 22.3. The Morgan fingerprint density at radius 1 is 1.02 bits per heavy atom. The summed E-state index contributed by atoms with van der Waals surface area (Å²) in [6.45, 7) is 0.467. The average Bonchev–Trinajstić information content (AvgIpc) is 3.47. The number of nitrogens with zero attached hydrogens (tertiary/aromatic N) is 2. The van der Waals surface area contributed by atoms with Gasteiger partial charge in [0.25, 0.3) is 0 Å². The molecule has 5 atom stereocenters. The number of benzene rings is 2. The van der Waals surface area contributed by atoms with Gasteiger partial charge in [0.2, 0.25) is 23.6 Å². The van der Waals surface area contributed by atoms with Gasteiger partial charge in [-0.15, -0.1) is 0 Å². The third-order valence-corrected chi connectivity index (χ3v) is 8.20. The Hall–Kier alpha value is -4.39. The van der Waals surface area contributed by atoms with Gasteiger partial charge < -0.3 is 37.0 Å². The van der Waals surface area contributed by atoms with E-state index in [9.17, 15) is 24.3 Å². The zero-order chi connectivity index (χ0) is 31.1. The van der Waals surface area contributed by atoms with Crippen molar-refractivity contribution in [1.29, 1.82) is 0 Å². The number of aliphatic hydroxyl groups excluding tert-OH is 1. The molecule has 44 heavy (non-hydrogen) atoms. The monoisotopic (exact) mass is 601 g/mol. The maximum Gasteiger partial charge on any atom is 0.249 e. The van der Waals surface area contributed by atoms with Gasteiger partial charge in [-0.05, 0) is 56.3 Å². The zero-order valence-corrected chi connectivity index (χ0v) is 24.4. The highest BCUT2D eigenvalue weighted by molar-refractivity contribution is 5.99. The number of aliphatic hydroxyl groups is 1. The number of piperidine rings is 1. The summed E-state index contributed by atoms with van der Waals surface area (Å²) >= 11 is 0. The molecule has 232 valence electrons. The van der Waals surface area contributed by atoms with E-state index in [0.717, 1.165) is 16.5 Å². The largest absolute Gasteiger partial charge is 0.383 e. The number of rotatable bonds is 10. The smallest absolute Gasteiger partial charge is 0.249 e. The van der Waals surface area contributed by atoms with Gasteiger partial charge in [0.1, 0.15) is 12.1 Å². The van der Waals surface area contributed by atoms with Gasteiger partial charge >= 0.3 is 0 Å². The first-order chi connectivity index (χ1) is 21.3. The lowest BCUT2D eigenvalue weighted by atomic mass is 9.98. The van der Waals surface area contributed by atoms with Crippen molar-refractivity contribution in [3.05, 3.63) is 72.4 Å². The molecular weight excluding hydrogens is 562 g/mol. The first-order valence-corrected chi connectivity index (χ1v) is 15.0. The second kappa shape index (κ2) is 14.4. The highest BCUT2D eigenvalue weighted by Crippen LogP contribution is 2.24. The molecule has 3 aromatic rings. The van der Waals surface area contributed by atoms with Crippen molar-refractivity contribution < 1.29 is 24.3 Å². The van der Waals surface area contributed by atoms with E-state index in [2.05, 4.69) is 26.3 Å². The van der Waals surface area contributed by atoms with Crippen LogP contribution in [-0.4, -0.2) is 88.5 Å². The van der Waals surface area contributed by atoms with Crippen LogP contribution in [0.5, 0.6) is 0 Å². The Bertz CT molecular complexity index is 1490. The van der Waals surface area contributed by atoms with Crippen LogP contribution in [-0.2, 0) is 25.6 Å². The fraction of sp³-hybridized carbons (Fsp3) is 0.406. The van der Waals surface area contributed by atoms with Crippen LogP contribution >= 0.6 is 0 Å². The number of hydrogen-bond acceptors (Lipinski definition) is 8. The number of anilines is 1. The number of amides is 4. The number of carbonyl (C=O) groups excluding carboxylic acids is 4. The highest BCUT2D eigenvalue weighted by Gasteiger charge is 2.43. The number of aryl methyl sites for hydroxylation is 1. The number of para-hydroxylation sites is 1. The van der Waals surface area contributed by atoms with Crippen molar-refractivity contribution in [1.82, 2.24) is 25.8 Å². The van der Waals surface area contributed by atoms with E-state index in [1.807, 2.05) is 60.7 Å². The molecule has 0 bridgehead atoms. The minimum absolute atomic E-state index is 0.0992. The van der Waals surface area contributed by atoms with Crippen LogP contribution in [0, 0.1) is 0 Å². The second-order valence-corrected chi connectivity index (χ2v) is 11.4. The first kappa shape index (κ1) is 31.0. The molecule has 1 aromatic heterocycles. The van der Waals surface area contributed by atoms with E-state index in [1.165, 1.54) is 4.90 Å². The minimum Gasteiger partial charge on any atom is -0.383 e. The van der Waals surface area contributed by atoms with Gasteiger partial charge in [-0.2, -0.15) is 0 Å². The van der Waals surface area contributed by atoms with Crippen molar-refractivity contribution in [3.63, 3.8) is 0 Å². The maximum absolute atomic E-state index is 13.8. The minimum atomic E-state index is -1.23. The van der Waals surface area contributed by atoms with Gasteiger partial charge in [-0.1, -0.05) is 48.5 Å². The summed E-state index contributed by atoms with van der Waals surface area (Å²) in [5.74, 6) is -1.53. The van der Waals surface area contributed by atoms with Crippen LogP contribution in [0.3, 0.4) is 0 Å². The molecule has 0 saturated carbocycles. The van der Waals surface area contributed by atoms with E-state index in [0.29, 0.717) is 31.5 Å². The molecule has 7 N–H and O–H groups in total. The molecule has 0 spiro atoms. The van der Waals surface area contributed by atoms with Crippen LogP contribution in [0.15, 0.2) is 66.9 Å². The van der Waals surface area contributed by atoms with E-state index in [-0.39, 0.29) is 43.8 Å². The number of pyridine rings is 1. The van der Waals surface area contributed by atoms with Gasteiger partial charge in [-0.3, -0.25) is 24.2 Å². The summed E-state index contributed by atoms with van der Waals surface area (Å²) in [6.07, 6.45) is 2.28. The SMILES string of the molecule is NCC(=O)N[C@@H]1CCN[C@H](C(=O)N2C[C@H](NC(=O)[C@H](O)CCc3ccccc3)C[C@H]2C(=O)Nc2cnc3ccccc3c2)C1. The maximum atomic E-state index is 13.8. The molecule has 4 amide bonds. The van der Waals surface area contributed by atoms with Crippen LogP contribution < -0.4 is 27.0 Å². The Morgan fingerprint density at radius 2 is 1.80 bits per heavy atom. The number of fused-ring (bicyclic) bond motifs is 1. The molecule has 0 unspecified atom stereocenters. The Morgan fingerprint density at radius 3 is 2.59 bits per heavy atom. The van der Waals surface area contributed by atoms with E-state index < -0.39 is 36.0 Å². The average molecular weight is 602 g/mol. The van der Waals surface area contributed by atoms with Crippen LogP contribution in [0.1, 0.15) is 31.2 Å². The Kier molecular flexibility index (Phi) is 10.2. The molecule has 3 heterocycles. The second-order valence-electron chi connectivity index (χ2n) is 11.4. The summed E-state index contributed by atoms with van der Waals surface area (Å²) in [6, 6.07) is 16.7.